The largest absolute Gasteiger partial charge is 0.0713 e. The smallest absolute Gasteiger partial charge is 0.0622 e. The van der Waals surface area contributed by atoms with Crippen LogP contribution in [-0.2, 0) is 5.41 Å². The number of rotatable bonds is 7. The van der Waals surface area contributed by atoms with Crippen LogP contribution in [0.4, 0.5) is 0 Å². The van der Waals surface area contributed by atoms with E-state index in [4.69, 9.17) is 0 Å². The number of hydrogen-bond donors (Lipinski definition) is 0. The van der Waals surface area contributed by atoms with Crippen molar-refractivity contribution < 1.29 is 0 Å². The van der Waals surface area contributed by atoms with Crippen LogP contribution >= 0.6 is 0 Å². The van der Waals surface area contributed by atoms with Gasteiger partial charge < -0.3 is 0 Å². The molecule has 0 fully saturated rings. The summed E-state index contributed by atoms with van der Waals surface area (Å²) >= 11 is 0. The van der Waals surface area contributed by atoms with Gasteiger partial charge in [-0.15, -0.1) is 0 Å². The minimum absolute atomic E-state index is 0.426. The first-order valence-electron chi connectivity index (χ1n) is 20.5. The van der Waals surface area contributed by atoms with Crippen LogP contribution in [0.25, 0.3) is 77.5 Å². The van der Waals surface area contributed by atoms with Crippen LogP contribution in [0.5, 0.6) is 0 Å². The third-order valence-electron chi connectivity index (χ3n) is 12.3. The van der Waals surface area contributed by atoms with Gasteiger partial charge in [0.25, 0.3) is 0 Å². The fourth-order valence-corrected chi connectivity index (χ4v) is 9.48. The molecule has 0 saturated carbocycles. The van der Waals surface area contributed by atoms with E-state index in [-0.39, 0.29) is 0 Å². The van der Waals surface area contributed by atoms with Crippen molar-refractivity contribution in [1.29, 1.82) is 0 Å². The van der Waals surface area contributed by atoms with Crippen LogP contribution in [-0.4, -0.2) is 0 Å². The molecule has 0 radical (unpaired) electrons. The Morgan fingerprint density at radius 2 is 0.593 bits per heavy atom. The van der Waals surface area contributed by atoms with E-state index in [1.807, 2.05) is 0 Å². The monoisotopic (exact) mass is 748 g/mol. The van der Waals surface area contributed by atoms with Crippen molar-refractivity contribution in [2.24, 2.45) is 0 Å². The summed E-state index contributed by atoms with van der Waals surface area (Å²) in [4.78, 5) is 0. The van der Waals surface area contributed by atoms with Crippen LogP contribution in [0.3, 0.4) is 0 Å². The molecule has 0 heteroatoms. The van der Waals surface area contributed by atoms with Crippen LogP contribution in [0, 0.1) is 0 Å². The molecule has 0 heterocycles. The molecule has 0 N–H and O–H groups in total. The van der Waals surface area contributed by atoms with Gasteiger partial charge in [-0.2, -0.15) is 0 Å². The molecule has 0 nitrogen and oxygen atoms in total. The Morgan fingerprint density at radius 1 is 0.203 bits per heavy atom. The zero-order valence-electron chi connectivity index (χ0n) is 32.6. The fraction of sp³-hybridized carbons (Fsp3) is 0.0169. The fourth-order valence-electron chi connectivity index (χ4n) is 9.48. The van der Waals surface area contributed by atoms with Crippen molar-refractivity contribution in [3.63, 3.8) is 0 Å². The lowest BCUT2D eigenvalue weighted by Gasteiger charge is -2.34. The molecular formula is C59H40. The van der Waals surface area contributed by atoms with E-state index in [2.05, 4.69) is 243 Å². The van der Waals surface area contributed by atoms with Gasteiger partial charge in [-0.1, -0.05) is 212 Å². The lowest BCUT2D eigenvalue weighted by Crippen LogP contribution is -2.28. The summed E-state index contributed by atoms with van der Waals surface area (Å²) < 4.78 is 0. The Hall–Kier alpha value is -7.54. The molecule has 0 amide bonds. The molecule has 0 aliphatic heterocycles. The van der Waals surface area contributed by atoms with Gasteiger partial charge in [0, 0.05) is 0 Å². The summed E-state index contributed by atoms with van der Waals surface area (Å²) in [5.41, 5.74) is 19.5. The van der Waals surface area contributed by atoms with E-state index in [1.165, 1.54) is 99.8 Å². The highest BCUT2D eigenvalue weighted by molar-refractivity contribution is 5.90. The normalized spacial score (nSPS) is 12.5. The topological polar surface area (TPSA) is 0 Å². The lowest BCUT2D eigenvalue weighted by molar-refractivity contribution is 0.769. The van der Waals surface area contributed by atoms with Crippen molar-refractivity contribution in [3.8, 4) is 66.8 Å². The van der Waals surface area contributed by atoms with Gasteiger partial charge in [0.15, 0.2) is 0 Å². The highest BCUT2D eigenvalue weighted by atomic mass is 14.5. The Morgan fingerprint density at radius 3 is 1.15 bits per heavy atom. The van der Waals surface area contributed by atoms with E-state index in [9.17, 15) is 0 Å². The molecule has 0 bridgehead atoms. The predicted octanol–water partition coefficient (Wildman–Crippen LogP) is 15.5. The molecule has 0 unspecified atom stereocenters. The second-order valence-corrected chi connectivity index (χ2v) is 15.7. The first-order valence-corrected chi connectivity index (χ1v) is 20.5. The van der Waals surface area contributed by atoms with E-state index in [0.29, 0.717) is 0 Å². The minimum atomic E-state index is -0.426. The highest BCUT2D eigenvalue weighted by Gasteiger charge is 2.46. The van der Waals surface area contributed by atoms with Crippen LogP contribution in [0.2, 0.25) is 0 Å². The molecule has 276 valence electrons. The first kappa shape index (κ1) is 34.7. The summed E-state index contributed by atoms with van der Waals surface area (Å²) in [5, 5.41) is 2.53. The van der Waals surface area contributed by atoms with Gasteiger partial charge in [-0.3, -0.25) is 0 Å². The molecular weight excluding hydrogens is 709 g/mol. The predicted molar refractivity (Wildman–Crippen MR) is 248 cm³/mol. The van der Waals surface area contributed by atoms with Gasteiger partial charge in [0.05, 0.1) is 5.41 Å². The highest BCUT2D eigenvalue weighted by Crippen LogP contribution is 2.56. The zero-order chi connectivity index (χ0) is 39.2. The third-order valence-corrected chi connectivity index (χ3v) is 12.3. The van der Waals surface area contributed by atoms with Gasteiger partial charge in [0.2, 0.25) is 0 Å². The van der Waals surface area contributed by atoms with E-state index in [0.717, 1.165) is 0 Å². The SMILES string of the molecule is c1ccc(C2(c3ccccc3)c3ccccc3-c3ccc(-c4cccc(-c5cccc(-c6cccc(-c7ccc(-c8ccc9ccccc9c8)cc7)c6)c5)c4)cc32)cc1. The summed E-state index contributed by atoms with van der Waals surface area (Å²) in [6, 6.07) is 89.2. The molecule has 10 aromatic rings. The summed E-state index contributed by atoms with van der Waals surface area (Å²) in [7, 11) is 0. The zero-order valence-corrected chi connectivity index (χ0v) is 32.6. The van der Waals surface area contributed by atoms with Gasteiger partial charge >= 0.3 is 0 Å². The summed E-state index contributed by atoms with van der Waals surface area (Å²) in [5.74, 6) is 0. The number of fused-ring (bicyclic) bond motifs is 4. The molecule has 59 heavy (non-hydrogen) atoms. The molecule has 11 rings (SSSR count). The molecule has 0 atom stereocenters. The number of hydrogen-bond acceptors (Lipinski definition) is 0. The molecule has 0 spiro atoms. The van der Waals surface area contributed by atoms with Crippen LogP contribution < -0.4 is 0 Å². The first-order chi connectivity index (χ1) is 29.2. The quantitative estimate of drug-likeness (QED) is 0.152. The maximum Gasteiger partial charge on any atom is 0.0713 e. The molecule has 0 saturated heterocycles. The Labute approximate surface area is 346 Å². The van der Waals surface area contributed by atoms with Crippen molar-refractivity contribution in [1.82, 2.24) is 0 Å². The molecule has 1 aliphatic rings. The summed E-state index contributed by atoms with van der Waals surface area (Å²) in [6.45, 7) is 0. The lowest BCUT2D eigenvalue weighted by atomic mass is 9.67. The second kappa shape index (κ2) is 14.4. The van der Waals surface area contributed by atoms with Crippen molar-refractivity contribution in [2.75, 3.05) is 0 Å². The average molecular weight is 749 g/mol. The van der Waals surface area contributed by atoms with Gasteiger partial charge in [-0.25, -0.2) is 0 Å². The third kappa shape index (κ3) is 6.01. The van der Waals surface area contributed by atoms with E-state index >= 15 is 0 Å². The Balaban J connectivity index is 0.929. The Bertz CT molecular complexity index is 3100. The van der Waals surface area contributed by atoms with Gasteiger partial charge in [-0.05, 0) is 130 Å². The van der Waals surface area contributed by atoms with E-state index < -0.39 is 5.41 Å². The van der Waals surface area contributed by atoms with Crippen LogP contribution in [0.1, 0.15) is 22.3 Å². The maximum atomic E-state index is 2.45. The maximum absolute atomic E-state index is 2.45. The standard InChI is InChI=1S/C59H40/c1-3-22-53(23-4-1)59(54-24-5-2-6-25-54)57-27-10-9-26-55(57)56-35-34-52(40-58(56)59)50-21-13-20-49(39-50)48-19-12-18-47(38-48)46-17-11-16-45(36-46)42-28-30-43(31-29-42)51-33-32-41-14-7-8-15-44(41)37-51/h1-40H. The molecule has 0 aromatic heterocycles. The van der Waals surface area contributed by atoms with E-state index in [1.54, 1.807) is 0 Å². The number of benzene rings is 10. The van der Waals surface area contributed by atoms with Crippen molar-refractivity contribution in [3.05, 3.63) is 265 Å². The van der Waals surface area contributed by atoms with Crippen LogP contribution in [0.15, 0.2) is 243 Å². The van der Waals surface area contributed by atoms with Crippen molar-refractivity contribution in [2.45, 2.75) is 5.41 Å². The van der Waals surface area contributed by atoms with Gasteiger partial charge in [0.1, 0.15) is 0 Å². The summed E-state index contributed by atoms with van der Waals surface area (Å²) in [6.07, 6.45) is 0. The second-order valence-electron chi connectivity index (χ2n) is 15.7. The average Bonchev–Trinajstić information content (AvgIpc) is 3.62. The Kier molecular flexibility index (Phi) is 8.49. The molecule has 1 aliphatic carbocycles. The molecule has 10 aromatic carbocycles. The minimum Gasteiger partial charge on any atom is -0.0622 e. The van der Waals surface area contributed by atoms with Crippen molar-refractivity contribution >= 4 is 10.8 Å².